The van der Waals surface area contributed by atoms with E-state index in [0.717, 1.165) is 38.5 Å². The maximum absolute atomic E-state index is 4.70. The molecule has 29 heavy (non-hydrogen) atoms. The third-order valence-corrected chi connectivity index (χ3v) is 4.86. The van der Waals surface area contributed by atoms with Crippen LogP contribution < -0.4 is 0 Å². The predicted molar refractivity (Wildman–Crippen MR) is 120 cm³/mol. The van der Waals surface area contributed by atoms with E-state index in [1.807, 2.05) is 42.7 Å². The summed E-state index contributed by atoms with van der Waals surface area (Å²) in [6.45, 7) is 0. The van der Waals surface area contributed by atoms with Gasteiger partial charge in [0.05, 0.1) is 11.0 Å². The molecule has 4 aromatic carbocycles. The molecule has 0 saturated heterocycles. The van der Waals surface area contributed by atoms with Gasteiger partial charge in [-0.15, -0.1) is 0 Å². The van der Waals surface area contributed by atoms with Crippen molar-refractivity contribution in [3.05, 3.63) is 116 Å². The highest BCUT2D eigenvalue weighted by Gasteiger charge is 2.00. The van der Waals surface area contributed by atoms with Crippen molar-refractivity contribution in [2.75, 3.05) is 0 Å². The maximum atomic E-state index is 4.70. The van der Waals surface area contributed by atoms with Gasteiger partial charge in [0.2, 0.25) is 0 Å². The van der Waals surface area contributed by atoms with Gasteiger partial charge in [0, 0.05) is 29.1 Å². The second-order valence-electron chi connectivity index (χ2n) is 6.87. The normalized spacial score (nSPS) is 10.8. The fourth-order valence-corrected chi connectivity index (χ4v) is 3.48. The Bertz CT molecular complexity index is 1310. The van der Waals surface area contributed by atoms with Gasteiger partial charge in [-0.2, -0.15) is 0 Å². The zero-order chi connectivity index (χ0) is 19.5. The van der Waals surface area contributed by atoms with E-state index in [1.54, 1.807) is 0 Å². The van der Waals surface area contributed by atoms with Crippen LogP contribution in [-0.4, -0.2) is 14.5 Å². The van der Waals surface area contributed by atoms with Crippen molar-refractivity contribution in [1.82, 2.24) is 14.5 Å². The van der Waals surface area contributed by atoms with Crippen LogP contribution in [0.4, 0.5) is 0 Å². The second kappa shape index (κ2) is 7.56. The molecule has 1 aromatic heterocycles. The molecule has 3 nitrogen and oxygen atoms in total. The number of aromatic nitrogens is 3. The first kappa shape index (κ1) is 17.1. The average Bonchev–Trinajstić information content (AvgIpc) is 2.78. The lowest BCUT2D eigenvalue weighted by Gasteiger charge is -2.11. The van der Waals surface area contributed by atoms with E-state index in [2.05, 4.69) is 77.4 Å². The molecule has 0 atom stereocenters. The zero-order valence-electron chi connectivity index (χ0n) is 15.8. The summed E-state index contributed by atoms with van der Waals surface area (Å²) in [5.74, 6) is 0. The van der Waals surface area contributed by atoms with Crippen molar-refractivity contribution >= 4 is 32.8 Å². The minimum absolute atomic E-state index is 0.851. The third-order valence-electron chi connectivity index (χ3n) is 4.86. The zero-order valence-corrected chi connectivity index (χ0v) is 15.8. The highest BCUT2D eigenvalue weighted by atomic mass is 15.0. The summed E-state index contributed by atoms with van der Waals surface area (Å²) in [4.78, 5) is 9.40. The summed E-state index contributed by atoms with van der Waals surface area (Å²) in [6, 6.07) is 35.2. The summed E-state index contributed by atoms with van der Waals surface area (Å²) >= 11 is 0. The lowest BCUT2D eigenvalue weighted by atomic mass is 10.2. The molecule has 4 bridgehead atoms. The van der Waals surface area contributed by atoms with Crippen LogP contribution in [0.5, 0.6) is 0 Å². The van der Waals surface area contributed by atoms with Crippen LogP contribution in [0.2, 0.25) is 0 Å². The number of para-hydroxylation sites is 3. The monoisotopic (exact) mass is 373 g/mol. The van der Waals surface area contributed by atoms with Crippen LogP contribution in [0.1, 0.15) is 0 Å². The van der Waals surface area contributed by atoms with E-state index in [-0.39, 0.29) is 0 Å². The molecule has 0 unspecified atom stereocenters. The number of hydrogen-bond donors (Lipinski definition) is 0. The fraction of sp³-hybridized carbons (Fsp3) is 0. The largest absolute Gasteiger partial charge is 0.310 e. The quantitative estimate of drug-likeness (QED) is 0.340. The van der Waals surface area contributed by atoms with Crippen molar-refractivity contribution in [1.29, 1.82) is 0 Å². The van der Waals surface area contributed by atoms with Crippen LogP contribution in [0.15, 0.2) is 116 Å². The molecular formula is C26H19N3. The van der Waals surface area contributed by atoms with Crippen LogP contribution in [0.25, 0.3) is 38.5 Å². The first-order valence-corrected chi connectivity index (χ1v) is 9.59. The lowest BCUT2D eigenvalue weighted by molar-refractivity contribution is 1.16. The van der Waals surface area contributed by atoms with E-state index >= 15 is 0 Å². The van der Waals surface area contributed by atoms with Gasteiger partial charge < -0.3 is 4.57 Å². The van der Waals surface area contributed by atoms with Gasteiger partial charge in [-0.25, -0.2) is 0 Å². The summed E-state index contributed by atoms with van der Waals surface area (Å²) < 4.78 is 2.25. The van der Waals surface area contributed by atoms with E-state index in [0.29, 0.717) is 0 Å². The molecular weight excluding hydrogens is 354 g/mol. The Hall–Kier alpha value is -3.98. The minimum Gasteiger partial charge on any atom is -0.310 e. The third kappa shape index (κ3) is 3.58. The van der Waals surface area contributed by atoms with Crippen molar-refractivity contribution in [2.45, 2.75) is 0 Å². The van der Waals surface area contributed by atoms with Crippen molar-refractivity contribution in [3.8, 4) is 5.69 Å². The van der Waals surface area contributed by atoms with Gasteiger partial charge in [-0.1, -0.05) is 54.6 Å². The van der Waals surface area contributed by atoms with Gasteiger partial charge in [0.25, 0.3) is 0 Å². The Morgan fingerprint density at radius 1 is 0.483 bits per heavy atom. The number of rotatable bonds is 1. The standard InChI is InChI=1S/C26H19N3/c1-2-10-22(11-3-1)29-23-12-6-8-20(16-23)18-27-25-14-4-5-15-26(25)28-19-21-9-7-13-24(29)17-21/h1-19H. The van der Waals surface area contributed by atoms with Gasteiger partial charge in [-0.3, -0.25) is 9.97 Å². The highest BCUT2D eigenvalue weighted by Crippen LogP contribution is 2.19. The second-order valence-corrected chi connectivity index (χ2v) is 6.87. The summed E-state index contributed by atoms with van der Waals surface area (Å²) in [5.41, 5.74) is 4.98. The molecule has 0 saturated carbocycles. The number of fused-ring (bicyclic) bond motifs is 5. The number of benzene rings is 4. The smallest absolute Gasteiger partial charge is 0.0886 e. The molecule has 0 N–H and O–H groups in total. The van der Waals surface area contributed by atoms with Crippen LogP contribution in [0.3, 0.4) is 0 Å². The van der Waals surface area contributed by atoms with E-state index in [1.165, 1.54) is 0 Å². The maximum Gasteiger partial charge on any atom is 0.0886 e. The predicted octanol–water partition coefficient (Wildman–Crippen LogP) is 6.41. The van der Waals surface area contributed by atoms with Crippen LogP contribution in [-0.2, 0) is 0 Å². The first-order valence-electron chi connectivity index (χ1n) is 9.59. The summed E-state index contributed by atoms with van der Waals surface area (Å²) in [6.07, 6.45) is 3.79. The first-order chi connectivity index (χ1) is 14.4. The highest BCUT2D eigenvalue weighted by molar-refractivity contribution is 5.76. The minimum atomic E-state index is 0.851. The molecule has 0 amide bonds. The molecule has 0 radical (unpaired) electrons. The molecule has 0 aliphatic rings. The summed E-state index contributed by atoms with van der Waals surface area (Å²) in [5, 5.41) is 2.08. The van der Waals surface area contributed by atoms with Crippen molar-refractivity contribution < 1.29 is 0 Å². The SMILES string of the molecule is c1ccc(-n2c3cccc(cnc4ccccc4ncc4cccc2c4)c3)cc1. The molecule has 0 spiro atoms. The molecule has 5 aromatic rings. The molecule has 0 aliphatic carbocycles. The topological polar surface area (TPSA) is 30.7 Å². The molecule has 138 valence electrons. The molecule has 1 heterocycles. The fourth-order valence-electron chi connectivity index (χ4n) is 3.48. The Labute approximate surface area is 168 Å². The van der Waals surface area contributed by atoms with Crippen LogP contribution >= 0.6 is 0 Å². The Balaban J connectivity index is 1.98. The van der Waals surface area contributed by atoms with E-state index < -0.39 is 0 Å². The van der Waals surface area contributed by atoms with Crippen LogP contribution in [0, 0.1) is 0 Å². The van der Waals surface area contributed by atoms with Gasteiger partial charge in [0.1, 0.15) is 0 Å². The lowest BCUT2D eigenvalue weighted by Crippen LogP contribution is -1.96. The van der Waals surface area contributed by atoms with Gasteiger partial charge >= 0.3 is 0 Å². The summed E-state index contributed by atoms with van der Waals surface area (Å²) in [7, 11) is 0. The molecule has 0 aliphatic heterocycles. The molecule has 3 heteroatoms. The number of nitrogens with zero attached hydrogens (tertiary/aromatic N) is 3. The Morgan fingerprint density at radius 2 is 1.00 bits per heavy atom. The van der Waals surface area contributed by atoms with Gasteiger partial charge in [-0.05, 0) is 59.3 Å². The molecule has 5 rings (SSSR count). The van der Waals surface area contributed by atoms with Crippen molar-refractivity contribution in [3.63, 3.8) is 0 Å². The Kier molecular flexibility index (Phi) is 4.47. The molecule has 0 fully saturated rings. The van der Waals surface area contributed by atoms with Crippen molar-refractivity contribution in [2.24, 2.45) is 0 Å². The number of hydrogen-bond acceptors (Lipinski definition) is 2. The Morgan fingerprint density at radius 3 is 1.55 bits per heavy atom. The van der Waals surface area contributed by atoms with E-state index in [9.17, 15) is 0 Å². The average molecular weight is 373 g/mol. The van der Waals surface area contributed by atoms with E-state index in [4.69, 9.17) is 9.97 Å². The van der Waals surface area contributed by atoms with Gasteiger partial charge in [0.15, 0.2) is 0 Å².